The number of thiol groups is 1. The lowest BCUT2D eigenvalue weighted by molar-refractivity contribution is 0.0697. The molecule has 122 valence electrons. The summed E-state index contributed by atoms with van der Waals surface area (Å²) in [6, 6.07) is 12.8. The summed E-state index contributed by atoms with van der Waals surface area (Å²) in [6.45, 7) is 4.45. The number of carboxylic acid groups (broad SMARTS) is 1. The predicted octanol–water partition coefficient (Wildman–Crippen LogP) is 4.13. The van der Waals surface area contributed by atoms with Gasteiger partial charge in [0.1, 0.15) is 0 Å². The van der Waals surface area contributed by atoms with E-state index in [2.05, 4.69) is 55.8 Å². The summed E-state index contributed by atoms with van der Waals surface area (Å²) >= 11 is 4.57. The molecule has 1 aliphatic heterocycles. The second kappa shape index (κ2) is 6.26. The van der Waals surface area contributed by atoms with Crippen LogP contribution in [-0.2, 0) is 5.41 Å². The molecule has 1 aliphatic rings. The summed E-state index contributed by atoms with van der Waals surface area (Å²) < 4.78 is 0. The molecule has 0 aromatic heterocycles. The minimum Gasteiger partial charge on any atom is -0.478 e. The fraction of sp³-hybridized carbons (Fsp3) is 0.250. The monoisotopic (exact) mass is 337 g/mol. The number of fused-ring (bicyclic) bond motifs is 1. The standard InChI is InChI=1S/C20H19NO2S/c1-20(2)12-18(24)21-17-11-14(7-10-16(17)20)4-3-13-5-8-15(9-6-13)19(22)23/h5-11,18,21,24H,12H2,1-2H3,(H,22,23). The van der Waals surface area contributed by atoms with Gasteiger partial charge in [-0.3, -0.25) is 0 Å². The Bertz CT molecular complexity index is 844. The molecule has 0 amide bonds. The normalized spacial score (nSPS) is 17.9. The summed E-state index contributed by atoms with van der Waals surface area (Å²) in [5.41, 5.74) is 4.43. The minimum atomic E-state index is -0.931. The molecule has 0 radical (unpaired) electrons. The van der Waals surface area contributed by atoms with E-state index in [1.165, 1.54) is 5.56 Å². The van der Waals surface area contributed by atoms with Gasteiger partial charge in [0.05, 0.1) is 10.9 Å². The Hall–Kier alpha value is -2.38. The number of carboxylic acids is 1. The maximum Gasteiger partial charge on any atom is 0.335 e. The quantitative estimate of drug-likeness (QED) is 0.542. The van der Waals surface area contributed by atoms with Gasteiger partial charge in [-0.1, -0.05) is 31.8 Å². The van der Waals surface area contributed by atoms with Crippen molar-refractivity contribution in [2.75, 3.05) is 5.32 Å². The number of carbonyl (C=O) groups is 1. The number of benzene rings is 2. The topological polar surface area (TPSA) is 49.3 Å². The molecular formula is C20H19NO2S. The Labute approximate surface area is 147 Å². The zero-order chi connectivity index (χ0) is 17.3. The van der Waals surface area contributed by atoms with E-state index in [4.69, 9.17) is 5.11 Å². The van der Waals surface area contributed by atoms with E-state index in [0.29, 0.717) is 0 Å². The predicted molar refractivity (Wildman–Crippen MR) is 99.9 cm³/mol. The van der Waals surface area contributed by atoms with Gasteiger partial charge in [0.2, 0.25) is 0 Å². The van der Waals surface area contributed by atoms with Crippen molar-refractivity contribution in [3.63, 3.8) is 0 Å². The second-order valence-corrected chi connectivity index (χ2v) is 7.26. The Balaban J connectivity index is 1.87. The average Bonchev–Trinajstić information content (AvgIpc) is 2.52. The molecule has 0 spiro atoms. The molecule has 3 nitrogen and oxygen atoms in total. The van der Waals surface area contributed by atoms with Crippen molar-refractivity contribution in [2.45, 2.75) is 31.1 Å². The third kappa shape index (κ3) is 3.42. The number of nitrogens with one attached hydrogen (secondary N) is 1. The van der Waals surface area contributed by atoms with Gasteiger partial charge in [-0.05, 0) is 53.8 Å². The van der Waals surface area contributed by atoms with E-state index in [0.717, 1.165) is 23.2 Å². The van der Waals surface area contributed by atoms with Gasteiger partial charge in [-0.25, -0.2) is 4.79 Å². The number of hydrogen-bond acceptors (Lipinski definition) is 3. The first kappa shape index (κ1) is 16.5. The highest BCUT2D eigenvalue weighted by Crippen LogP contribution is 2.40. The fourth-order valence-electron chi connectivity index (χ4n) is 3.00. The highest BCUT2D eigenvalue weighted by molar-refractivity contribution is 7.81. The van der Waals surface area contributed by atoms with Gasteiger partial charge in [0, 0.05) is 16.8 Å². The Morgan fingerprint density at radius 1 is 1.17 bits per heavy atom. The minimum absolute atomic E-state index is 0.0889. The number of anilines is 1. The lowest BCUT2D eigenvalue weighted by atomic mass is 9.78. The van der Waals surface area contributed by atoms with E-state index in [-0.39, 0.29) is 16.4 Å². The van der Waals surface area contributed by atoms with Crippen LogP contribution in [0.15, 0.2) is 42.5 Å². The van der Waals surface area contributed by atoms with Crippen molar-refractivity contribution in [1.82, 2.24) is 0 Å². The highest BCUT2D eigenvalue weighted by Gasteiger charge is 2.31. The Morgan fingerprint density at radius 3 is 2.46 bits per heavy atom. The molecule has 1 atom stereocenters. The van der Waals surface area contributed by atoms with Crippen LogP contribution in [0.1, 0.15) is 47.3 Å². The van der Waals surface area contributed by atoms with Crippen LogP contribution in [0.5, 0.6) is 0 Å². The molecule has 1 heterocycles. The lowest BCUT2D eigenvalue weighted by Crippen LogP contribution is -2.33. The summed E-state index contributed by atoms with van der Waals surface area (Å²) in [4.78, 5) is 10.9. The van der Waals surface area contributed by atoms with Crippen LogP contribution in [0.25, 0.3) is 0 Å². The Morgan fingerprint density at radius 2 is 1.79 bits per heavy atom. The number of aromatic carboxylic acids is 1. The molecule has 2 N–H and O–H groups in total. The second-order valence-electron chi connectivity index (χ2n) is 6.64. The lowest BCUT2D eigenvalue weighted by Gasteiger charge is -2.36. The molecule has 0 aliphatic carbocycles. The van der Waals surface area contributed by atoms with Gasteiger partial charge in [0.15, 0.2) is 0 Å². The van der Waals surface area contributed by atoms with E-state index in [1.807, 2.05) is 6.07 Å². The van der Waals surface area contributed by atoms with Gasteiger partial charge < -0.3 is 10.4 Å². The van der Waals surface area contributed by atoms with Gasteiger partial charge in [-0.2, -0.15) is 12.6 Å². The van der Waals surface area contributed by atoms with Crippen LogP contribution in [0, 0.1) is 11.8 Å². The number of hydrogen-bond donors (Lipinski definition) is 3. The highest BCUT2D eigenvalue weighted by atomic mass is 32.1. The van der Waals surface area contributed by atoms with Crippen LogP contribution >= 0.6 is 12.6 Å². The van der Waals surface area contributed by atoms with E-state index >= 15 is 0 Å². The fourth-order valence-corrected chi connectivity index (χ4v) is 3.59. The molecular weight excluding hydrogens is 318 g/mol. The van der Waals surface area contributed by atoms with E-state index in [1.54, 1.807) is 24.3 Å². The maximum absolute atomic E-state index is 10.9. The van der Waals surface area contributed by atoms with Crippen LogP contribution in [0.2, 0.25) is 0 Å². The van der Waals surface area contributed by atoms with Crippen LogP contribution < -0.4 is 5.32 Å². The zero-order valence-corrected chi connectivity index (χ0v) is 14.5. The smallest absolute Gasteiger partial charge is 0.335 e. The van der Waals surface area contributed by atoms with E-state index in [9.17, 15) is 4.79 Å². The van der Waals surface area contributed by atoms with Crippen molar-refractivity contribution in [3.05, 3.63) is 64.7 Å². The third-order valence-corrected chi connectivity index (χ3v) is 4.57. The van der Waals surface area contributed by atoms with Crippen molar-refractivity contribution in [3.8, 4) is 11.8 Å². The first-order chi connectivity index (χ1) is 11.3. The van der Waals surface area contributed by atoms with Gasteiger partial charge in [-0.15, -0.1) is 0 Å². The van der Waals surface area contributed by atoms with E-state index < -0.39 is 5.97 Å². The Kier molecular flexibility index (Phi) is 4.29. The summed E-state index contributed by atoms with van der Waals surface area (Å²) in [5, 5.41) is 12.5. The SMILES string of the molecule is CC1(C)CC(S)Nc2cc(C#Cc3ccc(C(=O)O)cc3)ccc21. The maximum atomic E-state index is 10.9. The molecule has 2 aromatic rings. The molecule has 24 heavy (non-hydrogen) atoms. The summed E-state index contributed by atoms with van der Waals surface area (Å²) in [6.07, 6.45) is 0.976. The van der Waals surface area contributed by atoms with Crippen molar-refractivity contribution in [1.29, 1.82) is 0 Å². The molecule has 0 saturated heterocycles. The van der Waals surface area contributed by atoms with Gasteiger partial charge in [0.25, 0.3) is 0 Å². The van der Waals surface area contributed by atoms with Crippen LogP contribution in [0.3, 0.4) is 0 Å². The molecule has 2 aromatic carbocycles. The number of rotatable bonds is 1. The molecule has 0 bridgehead atoms. The van der Waals surface area contributed by atoms with Crippen LogP contribution in [0.4, 0.5) is 5.69 Å². The largest absolute Gasteiger partial charge is 0.478 e. The molecule has 1 unspecified atom stereocenters. The zero-order valence-electron chi connectivity index (χ0n) is 13.6. The van der Waals surface area contributed by atoms with Gasteiger partial charge >= 0.3 is 5.97 Å². The molecule has 3 rings (SSSR count). The van der Waals surface area contributed by atoms with Crippen LogP contribution in [-0.4, -0.2) is 16.4 Å². The molecule has 4 heteroatoms. The first-order valence-corrected chi connectivity index (χ1v) is 8.31. The third-order valence-electron chi connectivity index (χ3n) is 4.26. The summed E-state index contributed by atoms with van der Waals surface area (Å²) in [5.74, 6) is 5.28. The molecule has 0 fully saturated rings. The average molecular weight is 337 g/mol. The first-order valence-electron chi connectivity index (χ1n) is 7.80. The summed E-state index contributed by atoms with van der Waals surface area (Å²) in [7, 11) is 0. The van der Waals surface area contributed by atoms with Crippen molar-refractivity contribution >= 4 is 24.3 Å². The van der Waals surface area contributed by atoms with Crippen molar-refractivity contribution in [2.24, 2.45) is 0 Å². The molecule has 0 saturated carbocycles. The van der Waals surface area contributed by atoms with Crippen molar-refractivity contribution < 1.29 is 9.90 Å².